The van der Waals surface area contributed by atoms with Crippen LogP contribution >= 0.6 is 0 Å². The first kappa shape index (κ1) is 17.2. The molecule has 0 unspecified atom stereocenters. The molecule has 0 saturated heterocycles. The summed E-state index contributed by atoms with van der Waals surface area (Å²) in [5.74, 6) is -0.291. The standard InChI is InChI=1S/C15H23BN2O3/c1-15(2,3)21-14(20)9-12(18-16-10-19)8-11-6-4-5-7-13(11)17/h4-7,10,12,16,18H,8-9,17H2,1-3H3/t12-/m0/s1. The Labute approximate surface area is 126 Å². The third-order valence-corrected chi connectivity index (χ3v) is 2.84. The van der Waals surface area contributed by atoms with Gasteiger partial charge < -0.3 is 20.5 Å². The second-order valence-corrected chi connectivity index (χ2v) is 5.97. The van der Waals surface area contributed by atoms with Gasteiger partial charge in [0.15, 0.2) is 0 Å². The van der Waals surface area contributed by atoms with Crippen LogP contribution in [0, 0.1) is 0 Å². The maximum Gasteiger partial charge on any atom is 0.307 e. The largest absolute Gasteiger partial charge is 0.460 e. The van der Waals surface area contributed by atoms with Gasteiger partial charge in [0.05, 0.1) is 12.6 Å². The molecule has 0 spiro atoms. The van der Waals surface area contributed by atoms with Crippen molar-refractivity contribution in [3.63, 3.8) is 0 Å². The second kappa shape index (κ2) is 7.83. The zero-order chi connectivity index (χ0) is 15.9. The Kier molecular flexibility index (Phi) is 6.43. The van der Waals surface area contributed by atoms with E-state index in [-0.39, 0.29) is 25.8 Å². The number of hydrogen-bond donors (Lipinski definition) is 2. The number of nitrogen functional groups attached to an aromatic ring is 1. The molecule has 1 rings (SSSR count). The van der Waals surface area contributed by atoms with E-state index in [2.05, 4.69) is 5.23 Å². The van der Waals surface area contributed by atoms with E-state index >= 15 is 0 Å². The van der Waals surface area contributed by atoms with Crippen LogP contribution in [-0.2, 0) is 20.7 Å². The SMILES string of the molecule is CC(C)(C)OC(=O)C[C@H](Cc1ccccc1N)NBC=O. The van der Waals surface area contributed by atoms with Crippen molar-refractivity contribution >= 4 is 25.3 Å². The summed E-state index contributed by atoms with van der Waals surface area (Å²) in [6, 6.07) is 7.31. The summed E-state index contributed by atoms with van der Waals surface area (Å²) in [6.07, 6.45) is 1.54. The third kappa shape index (κ3) is 6.95. The molecule has 0 aliphatic carbocycles. The quantitative estimate of drug-likeness (QED) is 0.339. The van der Waals surface area contributed by atoms with Gasteiger partial charge in [0, 0.05) is 11.7 Å². The first-order chi connectivity index (χ1) is 9.81. The number of para-hydroxylation sites is 1. The number of esters is 1. The van der Waals surface area contributed by atoms with E-state index < -0.39 is 5.60 Å². The van der Waals surface area contributed by atoms with E-state index in [1.807, 2.05) is 45.0 Å². The highest BCUT2D eigenvalue weighted by atomic mass is 16.6. The Morgan fingerprint density at radius 2 is 2.10 bits per heavy atom. The minimum Gasteiger partial charge on any atom is -0.460 e. The fourth-order valence-corrected chi connectivity index (χ4v) is 2.00. The van der Waals surface area contributed by atoms with Crippen LogP contribution in [-0.4, -0.2) is 31.2 Å². The topological polar surface area (TPSA) is 81.4 Å². The first-order valence-corrected chi connectivity index (χ1v) is 7.04. The van der Waals surface area contributed by atoms with Crippen molar-refractivity contribution in [1.82, 2.24) is 5.23 Å². The Morgan fingerprint density at radius 3 is 2.67 bits per heavy atom. The van der Waals surface area contributed by atoms with E-state index in [4.69, 9.17) is 10.5 Å². The van der Waals surface area contributed by atoms with E-state index in [0.29, 0.717) is 12.1 Å². The molecule has 0 fully saturated rings. The molecule has 21 heavy (non-hydrogen) atoms. The van der Waals surface area contributed by atoms with Gasteiger partial charge in [0.1, 0.15) is 5.60 Å². The van der Waals surface area contributed by atoms with Gasteiger partial charge in [-0.15, -0.1) is 0 Å². The summed E-state index contributed by atoms with van der Waals surface area (Å²) >= 11 is 0. The zero-order valence-electron chi connectivity index (χ0n) is 12.9. The third-order valence-electron chi connectivity index (χ3n) is 2.84. The lowest BCUT2D eigenvalue weighted by Gasteiger charge is -2.23. The summed E-state index contributed by atoms with van der Waals surface area (Å²) in [4.78, 5) is 22.5. The van der Waals surface area contributed by atoms with E-state index in [1.165, 1.54) is 0 Å². The molecular formula is C15H23BN2O3. The molecule has 0 radical (unpaired) electrons. The Balaban J connectivity index is 2.69. The lowest BCUT2D eigenvalue weighted by Crippen LogP contribution is -2.38. The summed E-state index contributed by atoms with van der Waals surface area (Å²) < 4.78 is 5.32. The van der Waals surface area contributed by atoms with Gasteiger partial charge in [-0.25, -0.2) is 0 Å². The molecule has 1 aromatic rings. The number of rotatable bonds is 7. The van der Waals surface area contributed by atoms with Crippen molar-refractivity contribution < 1.29 is 14.3 Å². The highest BCUT2D eigenvalue weighted by Gasteiger charge is 2.21. The molecule has 0 amide bonds. The summed E-state index contributed by atoms with van der Waals surface area (Å²) in [5, 5.41) is 3.04. The molecule has 0 bridgehead atoms. The number of nitrogens with one attached hydrogen (secondary N) is 1. The van der Waals surface area contributed by atoms with Gasteiger partial charge in [-0.05, 0) is 38.8 Å². The zero-order valence-corrected chi connectivity index (χ0v) is 12.9. The van der Waals surface area contributed by atoms with E-state index in [9.17, 15) is 9.59 Å². The van der Waals surface area contributed by atoms with Crippen molar-refractivity contribution in [3.8, 4) is 0 Å². The maximum atomic E-state index is 11.9. The number of benzene rings is 1. The number of nitrogens with two attached hydrogens (primary N) is 1. The predicted octanol–water partition coefficient (Wildman–Crippen LogP) is 1.04. The normalized spacial score (nSPS) is 12.5. The van der Waals surface area contributed by atoms with E-state index in [0.717, 1.165) is 11.7 Å². The fraction of sp³-hybridized carbons (Fsp3) is 0.467. The predicted molar refractivity (Wildman–Crippen MR) is 85.8 cm³/mol. The number of carbonyl (C=O) groups excluding carboxylic acids is 2. The Hall–Kier alpha value is -1.82. The molecule has 3 N–H and O–H groups in total. The second-order valence-electron chi connectivity index (χ2n) is 5.97. The average Bonchev–Trinajstić information content (AvgIpc) is 2.36. The number of anilines is 1. The van der Waals surface area contributed by atoms with Crippen molar-refractivity contribution in [3.05, 3.63) is 29.8 Å². The molecule has 0 aliphatic rings. The minimum atomic E-state index is -0.516. The van der Waals surface area contributed by atoms with Crippen molar-refractivity contribution in [2.24, 2.45) is 0 Å². The fourth-order valence-electron chi connectivity index (χ4n) is 2.00. The molecule has 0 heterocycles. The smallest absolute Gasteiger partial charge is 0.307 e. The van der Waals surface area contributed by atoms with Gasteiger partial charge in [-0.1, -0.05) is 18.2 Å². The van der Waals surface area contributed by atoms with Gasteiger partial charge >= 0.3 is 5.97 Å². The maximum absolute atomic E-state index is 11.9. The average molecular weight is 290 g/mol. The molecular weight excluding hydrogens is 267 g/mol. The molecule has 0 aliphatic heterocycles. The monoisotopic (exact) mass is 290 g/mol. The summed E-state index contributed by atoms with van der Waals surface area (Å²) in [5.41, 5.74) is 7.03. The van der Waals surface area contributed by atoms with Crippen LogP contribution in [0.3, 0.4) is 0 Å². The van der Waals surface area contributed by atoms with Crippen molar-refractivity contribution in [2.45, 2.75) is 45.3 Å². The van der Waals surface area contributed by atoms with Crippen LogP contribution < -0.4 is 11.0 Å². The van der Waals surface area contributed by atoms with Crippen molar-refractivity contribution in [1.29, 1.82) is 0 Å². The molecule has 1 atom stereocenters. The lowest BCUT2D eigenvalue weighted by molar-refractivity contribution is -0.155. The van der Waals surface area contributed by atoms with Crippen LogP contribution in [0.2, 0.25) is 0 Å². The first-order valence-electron chi connectivity index (χ1n) is 7.04. The molecule has 0 saturated carbocycles. The highest BCUT2D eigenvalue weighted by molar-refractivity contribution is 6.64. The number of ether oxygens (including phenoxy) is 1. The van der Waals surface area contributed by atoms with Gasteiger partial charge in [-0.2, -0.15) is 0 Å². The number of hydrogen-bond acceptors (Lipinski definition) is 5. The molecule has 6 heteroatoms. The molecule has 1 aromatic carbocycles. The van der Waals surface area contributed by atoms with Crippen LogP contribution in [0.25, 0.3) is 0 Å². The van der Waals surface area contributed by atoms with Gasteiger partial charge in [0.2, 0.25) is 0 Å². The number of carbonyl (C=O) groups is 2. The molecule has 5 nitrogen and oxygen atoms in total. The Bertz CT molecular complexity index is 486. The molecule has 0 aromatic heterocycles. The van der Waals surface area contributed by atoms with Crippen LogP contribution in [0.4, 0.5) is 5.69 Å². The van der Waals surface area contributed by atoms with Gasteiger partial charge in [0.25, 0.3) is 7.41 Å². The highest BCUT2D eigenvalue weighted by Crippen LogP contribution is 2.15. The molecule has 114 valence electrons. The van der Waals surface area contributed by atoms with Crippen molar-refractivity contribution in [2.75, 3.05) is 5.73 Å². The lowest BCUT2D eigenvalue weighted by atomic mass is 9.92. The Morgan fingerprint density at radius 1 is 1.43 bits per heavy atom. The summed E-state index contributed by atoms with van der Waals surface area (Å²) in [6.45, 7) is 5.48. The minimum absolute atomic E-state index is 0.185. The summed E-state index contributed by atoms with van der Waals surface area (Å²) in [7, 11) is 0.195. The van der Waals surface area contributed by atoms with Crippen LogP contribution in [0.1, 0.15) is 32.8 Å². The van der Waals surface area contributed by atoms with Crippen LogP contribution in [0.5, 0.6) is 0 Å². The van der Waals surface area contributed by atoms with Crippen LogP contribution in [0.15, 0.2) is 24.3 Å². The van der Waals surface area contributed by atoms with Gasteiger partial charge in [-0.3, -0.25) is 4.79 Å². The van der Waals surface area contributed by atoms with E-state index in [1.54, 1.807) is 0 Å².